The largest absolute Gasteiger partial charge is 0.412 e. The summed E-state index contributed by atoms with van der Waals surface area (Å²) in [6.07, 6.45) is 5.62. The summed E-state index contributed by atoms with van der Waals surface area (Å²) in [5.74, 6) is 2.43. The van der Waals surface area contributed by atoms with Crippen LogP contribution in [-0.4, -0.2) is 5.48 Å². The van der Waals surface area contributed by atoms with E-state index in [1.807, 2.05) is 6.92 Å². The van der Waals surface area contributed by atoms with Gasteiger partial charge in [0, 0.05) is 6.42 Å². The fourth-order valence-electron chi connectivity index (χ4n) is 0. The van der Waals surface area contributed by atoms with Gasteiger partial charge in [-0.25, -0.2) is 0 Å². The molecule has 0 rings (SSSR count). The van der Waals surface area contributed by atoms with Crippen LogP contribution in [0.3, 0.4) is 0 Å². The molecule has 0 aliphatic rings. The van der Waals surface area contributed by atoms with Crippen molar-refractivity contribution >= 4 is 0 Å². The monoisotopic (exact) mass is 72.1 g/mol. The van der Waals surface area contributed by atoms with E-state index in [0.717, 1.165) is 6.42 Å². The molecule has 0 saturated carbocycles. The molecule has 0 aliphatic carbocycles. The van der Waals surface area contributed by atoms with Gasteiger partial charge < -0.3 is 5.48 Å². The van der Waals surface area contributed by atoms with E-state index in [2.05, 4.69) is 5.92 Å². The van der Waals surface area contributed by atoms with Crippen LogP contribution in [0.25, 0.3) is 0 Å². The van der Waals surface area contributed by atoms with Crippen LogP contribution in [0, 0.1) is 12.3 Å². The normalized spacial score (nSPS) is 4.00. The van der Waals surface area contributed by atoms with E-state index in [4.69, 9.17) is 6.42 Å². The number of hydrogen-bond acceptors (Lipinski definition) is 0. The first kappa shape index (κ1) is 8.82. The molecule has 5 heavy (non-hydrogen) atoms. The Hall–Kier alpha value is -0.480. The van der Waals surface area contributed by atoms with Crippen LogP contribution in [0.15, 0.2) is 0 Å². The highest BCUT2D eigenvalue weighted by molar-refractivity contribution is 4.80. The van der Waals surface area contributed by atoms with E-state index in [1.54, 1.807) is 0 Å². The predicted octanol–water partition coefficient (Wildman–Crippen LogP) is 0.205. The van der Waals surface area contributed by atoms with E-state index < -0.39 is 0 Å². The van der Waals surface area contributed by atoms with Crippen molar-refractivity contribution in [3.63, 3.8) is 0 Å². The van der Waals surface area contributed by atoms with Gasteiger partial charge in [0.05, 0.1) is 0 Å². The summed E-state index contributed by atoms with van der Waals surface area (Å²) in [5, 5.41) is 0. The van der Waals surface area contributed by atoms with Crippen LogP contribution in [-0.2, 0) is 0 Å². The summed E-state index contributed by atoms with van der Waals surface area (Å²) in [7, 11) is 0. The lowest BCUT2D eigenvalue weighted by Gasteiger charge is -1.52. The molecule has 2 N–H and O–H groups in total. The van der Waals surface area contributed by atoms with Crippen molar-refractivity contribution in [2.75, 3.05) is 0 Å². The zero-order valence-corrected chi connectivity index (χ0v) is 3.28. The maximum absolute atomic E-state index is 4.78. The highest BCUT2D eigenvalue weighted by Crippen LogP contribution is 1.58. The summed E-state index contributed by atoms with van der Waals surface area (Å²) in [5.41, 5.74) is 0. The zero-order valence-electron chi connectivity index (χ0n) is 3.28. The van der Waals surface area contributed by atoms with Crippen molar-refractivity contribution in [3.05, 3.63) is 0 Å². The summed E-state index contributed by atoms with van der Waals surface area (Å²) in [6.45, 7) is 1.94. The van der Waals surface area contributed by atoms with E-state index in [9.17, 15) is 0 Å². The fourth-order valence-corrected chi connectivity index (χ4v) is 0. The van der Waals surface area contributed by atoms with Crippen molar-refractivity contribution in [1.29, 1.82) is 0 Å². The van der Waals surface area contributed by atoms with Crippen molar-refractivity contribution in [1.82, 2.24) is 0 Å². The Balaban J connectivity index is 0. The number of rotatable bonds is 0. The fraction of sp³-hybridized carbons (Fsp3) is 0.500. The van der Waals surface area contributed by atoms with Crippen molar-refractivity contribution in [2.24, 2.45) is 0 Å². The van der Waals surface area contributed by atoms with Gasteiger partial charge >= 0.3 is 0 Å². The van der Waals surface area contributed by atoms with Crippen LogP contribution < -0.4 is 0 Å². The third-order valence-corrected chi connectivity index (χ3v) is 0.204. The Morgan fingerprint density at radius 1 is 1.80 bits per heavy atom. The van der Waals surface area contributed by atoms with Gasteiger partial charge in [-0.3, -0.25) is 0 Å². The molecular formula is C4H8O. The predicted molar refractivity (Wildman–Crippen MR) is 22.7 cm³/mol. The second-order valence-corrected chi connectivity index (χ2v) is 0.558. The van der Waals surface area contributed by atoms with Crippen LogP contribution in [0.2, 0.25) is 0 Å². The molecule has 1 nitrogen and oxygen atoms in total. The molecule has 0 saturated heterocycles. The van der Waals surface area contributed by atoms with Gasteiger partial charge in [-0.2, -0.15) is 0 Å². The first-order chi connectivity index (χ1) is 1.91. The van der Waals surface area contributed by atoms with Crippen LogP contribution in [0.5, 0.6) is 0 Å². The van der Waals surface area contributed by atoms with Gasteiger partial charge in [0.1, 0.15) is 0 Å². The third-order valence-electron chi connectivity index (χ3n) is 0.204. The van der Waals surface area contributed by atoms with Crippen LogP contribution in [0.1, 0.15) is 13.3 Å². The van der Waals surface area contributed by atoms with Gasteiger partial charge in [0.2, 0.25) is 0 Å². The third kappa shape index (κ3) is 30.1. The molecule has 0 aromatic rings. The van der Waals surface area contributed by atoms with Gasteiger partial charge in [0.25, 0.3) is 0 Å². The molecule has 0 amide bonds. The average molecular weight is 72.1 g/mol. The lowest BCUT2D eigenvalue weighted by Crippen LogP contribution is -1.38. The van der Waals surface area contributed by atoms with E-state index in [0.29, 0.717) is 0 Å². The second kappa shape index (κ2) is 9.68. The van der Waals surface area contributed by atoms with E-state index >= 15 is 0 Å². The summed E-state index contributed by atoms with van der Waals surface area (Å²) in [4.78, 5) is 0. The molecular weight excluding hydrogens is 64.0 g/mol. The molecule has 0 unspecified atom stereocenters. The molecule has 0 atom stereocenters. The van der Waals surface area contributed by atoms with Crippen molar-refractivity contribution in [3.8, 4) is 12.3 Å². The average Bonchev–Trinajstić information content (AvgIpc) is 1.37. The second-order valence-electron chi connectivity index (χ2n) is 0.558. The minimum atomic E-state index is 0. The number of hydrogen-bond donors (Lipinski definition) is 0. The minimum Gasteiger partial charge on any atom is -0.412 e. The Labute approximate surface area is 32.3 Å². The topological polar surface area (TPSA) is 31.5 Å². The maximum Gasteiger partial charge on any atom is 0.00576 e. The molecule has 0 aromatic carbocycles. The summed E-state index contributed by atoms with van der Waals surface area (Å²) < 4.78 is 0. The Morgan fingerprint density at radius 3 is 2.00 bits per heavy atom. The molecule has 1 heteroatoms. The maximum atomic E-state index is 4.78. The molecule has 0 heterocycles. The van der Waals surface area contributed by atoms with E-state index in [-0.39, 0.29) is 5.48 Å². The van der Waals surface area contributed by atoms with Gasteiger partial charge in [-0.05, 0) is 0 Å². The molecule has 0 bridgehead atoms. The van der Waals surface area contributed by atoms with Crippen molar-refractivity contribution in [2.45, 2.75) is 13.3 Å². The van der Waals surface area contributed by atoms with Crippen LogP contribution >= 0.6 is 0 Å². The zero-order chi connectivity index (χ0) is 3.41. The molecule has 0 aromatic heterocycles. The first-order valence-electron chi connectivity index (χ1n) is 1.35. The van der Waals surface area contributed by atoms with Crippen molar-refractivity contribution < 1.29 is 5.48 Å². The highest BCUT2D eigenvalue weighted by atomic mass is 16.0. The standard InChI is InChI=1S/C4H6.H2O/c1-3-4-2;/h1H,4H2,2H3;1H2. The summed E-state index contributed by atoms with van der Waals surface area (Å²) >= 11 is 0. The van der Waals surface area contributed by atoms with Gasteiger partial charge in [-0.1, -0.05) is 6.92 Å². The Kier molecular flexibility index (Phi) is 17.1. The Bertz CT molecular complexity index is 33.4. The SMILES string of the molecule is C#CCC.O. The first-order valence-corrected chi connectivity index (χ1v) is 1.35. The molecule has 0 radical (unpaired) electrons. The van der Waals surface area contributed by atoms with Crippen LogP contribution in [0.4, 0.5) is 0 Å². The smallest absolute Gasteiger partial charge is 0.00576 e. The lowest BCUT2D eigenvalue weighted by molar-refractivity contribution is 0.824. The van der Waals surface area contributed by atoms with Gasteiger partial charge in [0.15, 0.2) is 0 Å². The lowest BCUT2D eigenvalue weighted by atomic mass is 10.5. The minimum absolute atomic E-state index is 0. The van der Waals surface area contributed by atoms with E-state index in [1.165, 1.54) is 0 Å². The molecule has 0 spiro atoms. The van der Waals surface area contributed by atoms with Gasteiger partial charge in [-0.15, -0.1) is 12.3 Å². The summed E-state index contributed by atoms with van der Waals surface area (Å²) in [6, 6.07) is 0. The molecule has 0 aliphatic heterocycles. The highest BCUT2D eigenvalue weighted by Gasteiger charge is 1.43. The Morgan fingerprint density at radius 2 is 2.00 bits per heavy atom. The molecule has 0 fully saturated rings. The molecule has 30 valence electrons. The quantitative estimate of drug-likeness (QED) is 0.366. The number of terminal acetylenes is 1.